The van der Waals surface area contributed by atoms with Gasteiger partial charge in [0.1, 0.15) is 30.1 Å². The van der Waals surface area contributed by atoms with Crippen LogP contribution in [0.1, 0.15) is 83.1 Å². The number of nitrogens with zero attached hydrogens (tertiary/aromatic N) is 4. The predicted octanol–water partition coefficient (Wildman–Crippen LogP) is 12.2. The van der Waals surface area contributed by atoms with Gasteiger partial charge in [0, 0.05) is 31.9 Å². The molecule has 0 saturated heterocycles. The van der Waals surface area contributed by atoms with E-state index in [4.69, 9.17) is 0 Å². The van der Waals surface area contributed by atoms with Gasteiger partial charge in [-0.05, 0) is 130 Å². The van der Waals surface area contributed by atoms with Crippen LogP contribution in [0, 0.1) is 0 Å². The van der Waals surface area contributed by atoms with Crippen LogP contribution in [0.5, 0.6) is 0 Å². The number of nitrogens with one attached hydrogen (secondary N) is 2. The van der Waals surface area contributed by atoms with Gasteiger partial charge >= 0.3 is 0 Å². The molecule has 4 aliphatic heterocycles. The molecule has 0 aliphatic carbocycles. The van der Waals surface area contributed by atoms with E-state index < -0.39 is 30.1 Å². The Labute approximate surface area is 253 Å². The van der Waals surface area contributed by atoms with Gasteiger partial charge in [0.15, 0.2) is 0 Å². The number of benzene rings is 2. The van der Waals surface area contributed by atoms with Crippen molar-refractivity contribution in [3.63, 3.8) is 0 Å². The number of aromatic nitrogens is 4. The summed E-state index contributed by atoms with van der Waals surface area (Å²) in [6.45, 7) is 28.5. The summed E-state index contributed by atoms with van der Waals surface area (Å²) in [5.41, 5.74) is 2.68. The molecule has 2 aromatic heterocycles. The lowest BCUT2D eigenvalue weighted by Gasteiger charge is -2.45. The lowest BCUT2D eigenvalue weighted by atomic mass is 10.1. The standard InChI is InChI=1S/C28H46N6P4S2/c1-25(2,3)31-35-29-21-17-13-15-19-23(21)39-37-33(27(7,8)9)38(34(37)28(10,11)12)40-24-20-16-14-18-22(24)30-36(31)32(35)26(4,5)6/h13-20,29-30H,1-12H3. The molecular formula is C28H46N6P4S2. The third-order valence-electron chi connectivity index (χ3n) is 6.34. The smallest absolute Gasteiger partial charge is 0.144 e. The largest absolute Gasteiger partial charge is 0.314 e. The van der Waals surface area contributed by atoms with Crippen LogP contribution in [0.3, 0.4) is 0 Å². The summed E-state index contributed by atoms with van der Waals surface area (Å²) < 4.78 is 11.1. The second-order valence-corrected chi connectivity index (χ2v) is 25.7. The molecule has 2 aromatic carbocycles. The number of para-hydroxylation sites is 2. The molecule has 0 spiro atoms. The molecular weight excluding hydrogens is 608 g/mol. The zero-order valence-corrected chi connectivity index (χ0v) is 31.2. The van der Waals surface area contributed by atoms with Gasteiger partial charge in [-0.1, -0.05) is 24.3 Å². The fourth-order valence-electron chi connectivity index (χ4n) is 4.73. The first-order chi connectivity index (χ1) is 18.4. The fourth-order valence-corrected chi connectivity index (χ4v) is 26.7. The SMILES string of the molecule is CC(C)(C)n1p2n(C(C)(C)C)p1Nc1ccccc1Sp1n(C(C)(C)C)p(n1C(C)(C)C)Sc1ccccc1N2. The van der Waals surface area contributed by atoms with Crippen molar-refractivity contribution in [1.82, 2.24) is 16.4 Å². The first-order valence-corrected chi connectivity index (χ1v) is 21.7. The van der Waals surface area contributed by atoms with Crippen molar-refractivity contribution >= 4 is 64.2 Å². The van der Waals surface area contributed by atoms with E-state index in [9.17, 15) is 0 Å². The van der Waals surface area contributed by atoms with Crippen molar-refractivity contribution in [1.29, 1.82) is 0 Å². The lowest BCUT2D eigenvalue weighted by Crippen LogP contribution is -2.35. The Kier molecular flexibility index (Phi) is 7.95. The van der Waals surface area contributed by atoms with Gasteiger partial charge in [0.25, 0.3) is 0 Å². The van der Waals surface area contributed by atoms with Crippen LogP contribution in [0.2, 0.25) is 0 Å². The van der Waals surface area contributed by atoms with Crippen molar-refractivity contribution < 1.29 is 0 Å². The Bertz CT molecular complexity index is 1290. The summed E-state index contributed by atoms with van der Waals surface area (Å²) in [4.78, 5) is 2.70. The molecule has 220 valence electrons. The minimum atomic E-state index is -0.757. The maximum Gasteiger partial charge on any atom is 0.144 e. The summed E-state index contributed by atoms with van der Waals surface area (Å²) in [7, 11) is -2.69. The van der Waals surface area contributed by atoms with Crippen molar-refractivity contribution in [3.8, 4) is 0 Å². The molecule has 6 heterocycles. The highest BCUT2D eigenvalue weighted by Crippen LogP contribution is 2.70. The predicted molar refractivity (Wildman–Crippen MR) is 187 cm³/mol. The first kappa shape index (κ1) is 30.6. The van der Waals surface area contributed by atoms with E-state index in [1.165, 1.54) is 21.2 Å². The van der Waals surface area contributed by atoms with E-state index >= 15 is 0 Å². The van der Waals surface area contributed by atoms with Crippen LogP contribution in [-0.2, 0) is 22.2 Å². The Morgan fingerprint density at radius 1 is 0.475 bits per heavy atom. The van der Waals surface area contributed by atoms with Crippen LogP contribution in [0.25, 0.3) is 0 Å². The molecule has 8 rings (SSSR count). The Hall–Kier alpha value is -0.860. The Morgan fingerprint density at radius 2 is 0.775 bits per heavy atom. The number of hydrogen-bond donors (Lipinski definition) is 2. The molecule has 0 radical (unpaired) electrons. The monoisotopic (exact) mass is 654 g/mol. The molecule has 12 heteroatoms. The highest BCUT2D eigenvalue weighted by Gasteiger charge is 2.37. The van der Waals surface area contributed by atoms with E-state index in [-0.39, 0.29) is 22.2 Å². The van der Waals surface area contributed by atoms with Crippen molar-refractivity contribution in [2.75, 3.05) is 10.2 Å². The topological polar surface area (TPSA) is 43.8 Å². The third-order valence-corrected chi connectivity index (χ3v) is 25.8. The molecule has 2 N–H and O–H groups in total. The van der Waals surface area contributed by atoms with E-state index in [1.54, 1.807) is 0 Å². The fraction of sp³-hybridized carbons (Fsp3) is 0.571. The van der Waals surface area contributed by atoms with E-state index in [2.05, 4.69) is 181 Å². The molecule has 0 unspecified atom stereocenters. The van der Waals surface area contributed by atoms with E-state index in [0.29, 0.717) is 0 Å². The van der Waals surface area contributed by atoms with Crippen LogP contribution in [-0.4, -0.2) is 16.4 Å². The summed E-state index contributed by atoms with van der Waals surface area (Å²) in [5, 5.41) is 8.22. The normalized spacial score (nSPS) is 16.5. The van der Waals surface area contributed by atoms with Crippen molar-refractivity contribution in [2.24, 2.45) is 0 Å². The van der Waals surface area contributed by atoms with Crippen LogP contribution >= 0.6 is 52.9 Å². The van der Waals surface area contributed by atoms with Crippen molar-refractivity contribution in [3.05, 3.63) is 48.5 Å². The zero-order valence-electron chi connectivity index (χ0n) is 26.0. The van der Waals surface area contributed by atoms with Gasteiger partial charge in [0.05, 0.1) is 11.4 Å². The summed E-state index contributed by atoms with van der Waals surface area (Å²) in [5.74, 6) is 0. The number of rotatable bonds is 0. The van der Waals surface area contributed by atoms with E-state index in [1.807, 2.05) is 0 Å². The minimum absolute atomic E-state index is 0.0166. The van der Waals surface area contributed by atoms with Crippen LogP contribution < -0.4 is 10.2 Å². The van der Waals surface area contributed by atoms with Gasteiger partial charge < -0.3 is 10.2 Å². The van der Waals surface area contributed by atoms with Crippen molar-refractivity contribution in [2.45, 2.75) is 115 Å². The second kappa shape index (κ2) is 10.4. The highest BCUT2D eigenvalue weighted by atomic mass is 32.7. The zero-order chi connectivity index (χ0) is 29.4. The quantitative estimate of drug-likeness (QED) is 0.174. The molecule has 4 bridgehead atoms. The number of anilines is 2. The average Bonchev–Trinajstić information content (AvgIpc) is 2.74. The lowest BCUT2D eigenvalue weighted by molar-refractivity contribution is 0.409. The molecule has 0 fully saturated rings. The molecule has 40 heavy (non-hydrogen) atoms. The van der Waals surface area contributed by atoms with Crippen LogP contribution in [0.15, 0.2) is 58.3 Å². The van der Waals surface area contributed by atoms with Gasteiger partial charge in [0.2, 0.25) is 0 Å². The summed E-state index contributed by atoms with van der Waals surface area (Å²) >= 11 is 4.14. The average molecular weight is 655 g/mol. The maximum absolute atomic E-state index is 4.11. The molecule has 0 saturated carbocycles. The van der Waals surface area contributed by atoms with Gasteiger partial charge in [-0.3, -0.25) is 16.4 Å². The van der Waals surface area contributed by atoms with Gasteiger partial charge in [-0.2, -0.15) is 0 Å². The molecule has 0 atom stereocenters. The molecule has 0 amide bonds. The number of hydrogen-bond acceptors (Lipinski definition) is 4. The molecule has 4 aliphatic rings. The minimum Gasteiger partial charge on any atom is -0.314 e. The van der Waals surface area contributed by atoms with Gasteiger partial charge in [-0.25, -0.2) is 0 Å². The highest BCUT2D eigenvalue weighted by molar-refractivity contribution is 8.59. The maximum atomic E-state index is 4.11. The Morgan fingerprint density at radius 3 is 1.07 bits per heavy atom. The summed E-state index contributed by atoms with van der Waals surface area (Å²) in [6.07, 6.45) is 0. The molecule has 6 nitrogen and oxygen atoms in total. The third kappa shape index (κ3) is 5.59. The molecule has 4 aromatic rings. The summed E-state index contributed by atoms with van der Waals surface area (Å²) in [6, 6.07) is 18.0. The second-order valence-electron chi connectivity index (χ2n) is 14.3. The van der Waals surface area contributed by atoms with Gasteiger partial charge in [-0.15, -0.1) is 0 Å². The van der Waals surface area contributed by atoms with Crippen LogP contribution in [0.4, 0.5) is 11.4 Å². The first-order valence-electron chi connectivity index (χ1n) is 13.9. The Balaban J connectivity index is 1.82. The van der Waals surface area contributed by atoms with E-state index in [0.717, 1.165) is 0 Å².